The third kappa shape index (κ3) is 4.98. The van der Waals surface area contributed by atoms with Gasteiger partial charge in [0.2, 0.25) is 12.1 Å². The maximum atomic E-state index is 12.9. The number of carbonyl (C=O) groups excluding carboxylic acids is 4. The number of benzene rings is 2. The Morgan fingerprint density at radius 1 is 0.966 bits per heavy atom. The first kappa shape index (κ1) is 20.1. The monoisotopic (exact) mass is 396 g/mol. The van der Waals surface area contributed by atoms with Crippen LogP contribution in [0.1, 0.15) is 18.1 Å². The number of hydrogen-bond acceptors (Lipinski definition) is 6. The van der Waals surface area contributed by atoms with E-state index in [0.717, 1.165) is 10.5 Å². The third-order valence-electron chi connectivity index (χ3n) is 4.28. The number of carbonyl (C=O) groups is 4. The van der Waals surface area contributed by atoms with Crippen LogP contribution < -0.4 is 5.32 Å². The zero-order valence-electron chi connectivity index (χ0n) is 15.7. The van der Waals surface area contributed by atoms with E-state index in [9.17, 15) is 19.2 Å². The Balaban J connectivity index is 1.78. The fraction of sp³-hybridized carbons (Fsp3) is 0.238. The summed E-state index contributed by atoms with van der Waals surface area (Å²) < 4.78 is 10.2. The number of nitrogens with zero attached hydrogens (tertiary/aromatic N) is 1. The molecule has 2 aromatic carbocycles. The standard InChI is InChI=1S/C21H20N2O6/c1-14(24)29-20-18(19(26)22-20)23(17(25)12-15-8-4-2-5-9-15)21(27)28-13-16-10-6-3-7-11-16/h2-11,18,20H,12-13H2,1H3,(H,22,26)/t18-,20+/m0/s1. The Morgan fingerprint density at radius 3 is 2.10 bits per heavy atom. The van der Waals surface area contributed by atoms with Crippen LogP contribution >= 0.6 is 0 Å². The molecule has 1 fully saturated rings. The number of esters is 1. The summed E-state index contributed by atoms with van der Waals surface area (Å²) in [5.74, 6) is -1.88. The molecule has 0 aliphatic carbocycles. The van der Waals surface area contributed by atoms with Crippen LogP contribution in [0.15, 0.2) is 60.7 Å². The number of hydrogen-bond donors (Lipinski definition) is 1. The second kappa shape index (κ2) is 9.01. The lowest BCUT2D eigenvalue weighted by molar-refractivity contribution is -0.172. The van der Waals surface area contributed by atoms with Crippen molar-refractivity contribution in [2.24, 2.45) is 0 Å². The number of β-lactam (4-membered cyclic amide) rings is 1. The Kier molecular flexibility index (Phi) is 6.23. The van der Waals surface area contributed by atoms with Crippen molar-refractivity contribution in [1.29, 1.82) is 0 Å². The maximum absolute atomic E-state index is 12.9. The minimum Gasteiger partial charge on any atom is -0.444 e. The van der Waals surface area contributed by atoms with Crippen LogP contribution in [0.2, 0.25) is 0 Å². The lowest BCUT2D eigenvalue weighted by Gasteiger charge is -2.40. The predicted octanol–water partition coefficient (Wildman–Crippen LogP) is 1.78. The smallest absolute Gasteiger partial charge is 0.417 e. The van der Waals surface area contributed by atoms with Crippen molar-refractivity contribution in [2.75, 3.05) is 0 Å². The summed E-state index contributed by atoms with van der Waals surface area (Å²) in [5.41, 5.74) is 1.40. The highest BCUT2D eigenvalue weighted by atomic mass is 16.6. The van der Waals surface area contributed by atoms with Crippen molar-refractivity contribution in [3.63, 3.8) is 0 Å². The Bertz CT molecular complexity index is 900. The largest absolute Gasteiger partial charge is 0.444 e. The van der Waals surface area contributed by atoms with Crippen LogP contribution in [-0.2, 0) is 36.9 Å². The number of rotatable bonds is 6. The molecule has 3 rings (SSSR count). The molecule has 150 valence electrons. The molecule has 1 heterocycles. The summed E-state index contributed by atoms with van der Waals surface area (Å²) in [6, 6.07) is 16.4. The summed E-state index contributed by atoms with van der Waals surface area (Å²) in [6.07, 6.45) is -2.20. The van der Waals surface area contributed by atoms with Gasteiger partial charge >= 0.3 is 12.1 Å². The molecule has 2 aromatic rings. The molecule has 1 saturated heterocycles. The van der Waals surface area contributed by atoms with Crippen LogP contribution in [0.5, 0.6) is 0 Å². The number of amides is 3. The number of nitrogens with one attached hydrogen (secondary N) is 1. The van der Waals surface area contributed by atoms with Gasteiger partial charge in [-0.3, -0.25) is 14.4 Å². The lowest BCUT2D eigenvalue weighted by Crippen LogP contribution is -2.72. The van der Waals surface area contributed by atoms with Gasteiger partial charge in [-0.15, -0.1) is 0 Å². The van der Waals surface area contributed by atoms with E-state index >= 15 is 0 Å². The predicted molar refractivity (Wildman–Crippen MR) is 101 cm³/mol. The van der Waals surface area contributed by atoms with Crippen molar-refractivity contribution < 1.29 is 28.7 Å². The average molecular weight is 396 g/mol. The van der Waals surface area contributed by atoms with Crippen molar-refractivity contribution in [3.05, 3.63) is 71.8 Å². The molecule has 0 radical (unpaired) electrons. The molecule has 0 bridgehead atoms. The van der Waals surface area contributed by atoms with Crippen LogP contribution in [-0.4, -0.2) is 41.0 Å². The Labute approximate surface area is 167 Å². The molecule has 8 heteroatoms. The highest BCUT2D eigenvalue weighted by Gasteiger charge is 2.50. The van der Waals surface area contributed by atoms with Gasteiger partial charge in [0.15, 0.2) is 6.04 Å². The maximum Gasteiger partial charge on any atom is 0.417 e. The quantitative estimate of drug-likeness (QED) is 0.590. The zero-order chi connectivity index (χ0) is 20.8. The molecule has 3 amide bonds. The van der Waals surface area contributed by atoms with E-state index in [4.69, 9.17) is 9.47 Å². The molecule has 29 heavy (non-hydrogen) atoms. The van der Waals surface area contributed by atoms with Crippen molar-refractivity contribution in [1.82, 2.24) is 10.2 Å². The second-order valence-corrected chi connectivity index (χ2v) is 6.45. The fourth-order valence-corrected chi connectivity index (χ4v) is 2.89. The summed E-state index contributed by atoms with van der Waals surface area (Å²) in [7, 11) is 0. The molecule has 1 aliphatic rings. The van der Waals surface area contributed by atoms with Gasteiger partial charge in [-0.2, -0.15) is 0 Å². The van der Waals surface area contributed by atoms with Gasteiger partial charge in [0.25, 0.3) is 5.91 Å². The van der Waals surface area contributed by atoms with Gasteiger partial charge in [-0.25, -0.2) is 9.69 Å². The molecular formula is C21H20N2O6. The summed E-state index contributed by atoms with van der Waals surface area (Å²) >= 11 is 0. The molecule has 0 saturated carbocycles. The number of imide groups is 1. The molecule has 8 nitrogen and oxygen atoms in total. The minimum absolute atomic E-state index is 0.0681. The topological polar surface area (TPSA) is 102 Å². The van der Waals surface area contributed by atoms with Crippen molar-refractivity contribution >= 4 is 23.9 Å². The summed E-state index contributed by atoms with van der Waals surface area (Å²) in [5, 5.41) is 2.37. The van der Waals surface area contributed by atoms with Gasteiger partial charge in [0.1, 0.15) is 6.61 Å². The van der Waals surface area contributed by atoms with E-state index in [1.165, 1.54) is 6.92 Å². The molecule has 0 spiro atoms. The van der Waals surface area contributed by atoms with E-state index in [2.05, 4.69) is 5.32 Å². The Hall–Kier alpha value is -3.68. The van der Waals surface area contributed by atoms with Crippen LogP contribution in [0.4, 0.5) is 4.79 Å². The van der Waals surface area contributed by atoms with Gasteiger partial charge in [-0.05, 0) is 11.1 Å². The Morgan fingerprint density at radius 2 is 1.55 bits per heavy atom. The van der Waals surface area contributed by atoms with Gasteiger partial charge in [-0.1, -0.05) is 60.7 Å². The third-order valence-corrected chi connectivity index (χ3v) is 4.28. The molecule has 1 aliphatic heterocycles. The minimum atomic E-state index is -1.28. The molecular weight excluding hydrogens is 376 g/mol. The number of ether oxygens (including phenoxy) is 2. The van der Waals surface area contributed by atoms with Crippen molar-refractivity contribution in [3.8, 4) is 0 Å². The highest BCUT2D eigenvalue weighted by Crippen LogP contribution is 2.20. The van der Waals surface area contributed by atoms with Gasteiger partial charge in [0.05, 0.1) is 6.42 Å². The zero-order valence-corrected chi connectivity index (χ0v) is 15.7. The summed E-state index contributed by atoms with van der Waals surface area (Å²) in [4.78, 5) is 49.7. The van der Waals surface area contributed by atoms with E-state index < -0.39 is 36.1 Å². The van der Waals surface area contributed by atoms with E-state index in [0.29, 0.717) is 5.56 Å². The molecule has 0 unspecified atom stereocenters. The van der Waals surface area contributed by atoms with Crippen LogP contribution in [0.25, 0.3) is 0 Å². The van der Waals surface area contributed by atoms with Crippen LogP contribution in [0, 0.1) is 0 Å². The SMILES string of the molecule is CC(=O)O[C@H]1NC(=O)[C@@H]1N(C(=O)Cc1ccccc1)C(=O)OCc1ccccc1. The first-order valence-electron chi connectivity index (χ1n) is 9.00. The van der Waals surface area contributed by atoms with E-state index in [1.54, 1.807) is 54.6 Å². The normalized spacial score (nSPS) is 17.5. The average Bonchev–Trinajstić information content (AvgIpc) is 2.71. The lowest BCUT2D eigenvalue weighted by atomic mass is 10.0. The second-order valence-electron chi connectivity index (χ2n) is 6.45. The highest BCUT2D eigenvalue weighted by molar-refractivity contribution is 6.01. The van der Waals surface area contributed by atoms with E-state index in [1.807, 2.05) is 6.07 Å². The van der Waals surface area contributed by atoms with E-state index in [-0.39, 0.29) is 13.0 Å². The molecule has 0 aromatic heterocycles. The van der Waals surface area contributed by atoms with Gasteiger partial charge < -0.3 is 14.8 Å². The molecule has 1 N–H and O–H groups in total. The molecule has 2 atom stereocenters. The first-order chi connectivity index (χ1) is 14.0. The van der Waals surface area contributed by atoms with Crippen LogP contribution in [0.3, 0.4) is 0 Å². The van der Waals surface area contributed by atoms with Crippen molar-refractivity contribution in [2.45, 2.75) is 32.2 Å². The fourth-order valence-electron chi connectivity index (χ4n) is 2.89. The first-order valence-corrected chi connectivity index (χ1v) is 9.00. The summed E-state index contributed by atoms with van der Waals surface area (Å²) in [6.45, 7) is 1.10. The van der Waals surface area contributed by atoms with Gasteiger partial charge in [0, 0.05) is 6.92 Å².